The minimum absolute atomic E-state index is 0.493. The summed E-state index contributed by atoms with van der Waals surface area (Å²) in [7, 11) is -4.17. The van der Waals surface area contributed by atoms with Gasteiger partial charge in [-0.15, -0.1) is 3.89 Å². The first-order valence-electron chi connectivity index (χ1n) is 1.82. The predicted octanol–water partition coefficient (Wildman–Crippen LogP) is 0.00640. The van der Waals surface area contributed by atoms with E-state index in [9.17, 15) is 3.89 Å². The topological polar surface area (TPSA) is 71.4 Å². The molecule has 0 saturated heterocycles. The molecule has 0 amide bonds. The van der Waals surface area contributed by atoms with Crippen molar-refractivity contribution in [2.24, 2.45) is 0 Å². The highest BCUT2D eigenvalue weighted by molar-refractivity contribution is 7.85. The van der Waals surface area contributed by atoms with Crippen LogP contribution in [0.3, 0.4) is 0 Å². The van der Waals surface area contributed by atoms with Crippen LogP contribution < -0.4 is 0 Å². The second-order valence-corrected chi connectivity index (χ2v) is 2.56. The van der Waals surface area contributed by atoms with Gasteiger partial charge >= 0.3 is 0 Å². The molecule has 0 atom stereocenters. The molecule has 4 nitrogen and oxygen atoms in total. The normalized spacial score (nSPS) is 9.22. The van der Waals surface area contributed by atoms with Crippen molar-refractivity contribution in [3.05, 3.63) is 0 Å². The second-order valence-electron chi connectivity index (χ2n) is 1.20. The van der Waals surface area contributed by atoms with E-state index in [2.05, 4.69) is 0 Å². The largest absolute Gasteiger partial charge is 0.481 e. The first-order valence-corrected chi connectivity index (χ1v) is 3.62. The molecular weight excluding hydrogens is 151 g/mol. The van der Waals surface area contributed by atoms with Crippen molar-refractivity contribution in [2.75, 3.05) is 6.26 Å². The zero-order chi connectivity index (χ0) is 8.08. The summed E-state index contributed by atoms with van der Waals surface area (Å²) in [5.74, 6) is -0.833. The van der Waals surface area contributed by atoms with Crippen LogP contribution in [0.25, 0.3) is 0 Å². The van der Waals surface area contributed by atoms with Gasteiger partial charge in [0, 0.05) is 6.92 Å². The molecule has 0 fully saturated rings. The van der Waals surface area contributed by atoms with Crippen molar-refractivity contribution in [1.29, 1.82) is 0 Å². The third-order valence-electron chi connectivity index (χ3n) is 0. The van der Waals surface area contributed by atoms with Crippen LogP contribution in [0.4, 0.5) is 3.89 Å². The third-order valence-corrected chi connectivity index (χ3v) is 0. The number of carboxylic acids is 1. The number of carboxylic acid groups (broad SMARTS) is 1. The number of hydrogen-bond donors (Lipinski definition) is 1. The summed E-state index contributed by atoms with van der Waals surface area (Å²) < 4.78 is 28.6. The fourth-order valence-corrected chi connectivity index (χ4v) is 0. The van der Waals surface area contributed by atoms with E-state index in [0.717, 1.165) is 6.92 Å². The van der Waals surface area contributed by atoms with Crippen LogP contribution in [0.2, 0.25) is 0 Å². The van der Waals surface area contributed by atoms with Crippen LogP contribution in [0, 0.1) is 0 Å². The molecule has 0 bridgehead atoms. The Balaban J connectivity index is 0. The van der Waals surface area contributed by atoms with E-state index in [4.69, 9.17) is 18.3 Å². The van der Waals surface area contributed by atoms with Crippen LogP contribution in [-0.4, -0.2) is 25.7 Å². The molecule has 0 spiro atoms. The minimum atomic E-state index is -4.17. The Morgan fingerprint density at radius 2 is 1.56 bits per heavy atom. The smallest absolute Gasteiger partial charge is 0.300 e. The van der Waals surface area contributed by atoms with Crippen molar-refractivity contribution >= 4 is 16.2 Å². The molecule has 0 heterocycles. The molecule has 56 valence electrons. The fraction of sp³-hybridized carbons (Fsp3) is 0.667. The highest BCUT2D eigenvalue weighted by atomic mass is 32.3. The van der Waals surface area contributed by atoms with Gasteiger partial charge in [0.15, 0.2) is 0 Å². The van der Waals surface area contributed by atoms with Crippen LogP contribution in [0.5, 0.6) is 0 Å². The number of rotatable bonds is 0. The molecular formula is C3H7FO4S. The maximum absolute atomic E-state index is 10.7. The van der Waals surface area contributed by atoms with Gasteiger partial charge in [-0.1, -0.05) is 0 Å². The van der Waals surface area contributed by atoms with Gasteiger partial charge in [-0.05, 0) is 0 Å². The Morgan fingerprint density at radius 3 is 1.56 bits per heavy atom. The summed E-state index contributed by atoms with van der Waals surface area (Å²) in [5.41, 5.74) is 0. The molecule has 0 aromatic carbocycles. The Morgan fingerprint density at radius 1 is 1.56 bits per heavy atom. The Hall–Kier alpha value is -0.650. The van der Waals surface area contributed by atoms with Gasteiger partial charge in [-0.25, -0.2) is 0 Å². The highest BCUT2D eigenvalue weighted by Gasteiger charge is 1.86. The van der Waals surface area contributed by atoms with Gasteiger partial charge in [0.2, 0.25) is 0 Å². The monoisotopic (exact) mass is 158 g/mol. The first kappa shape index (κ1) is 11.2. The lowest BCUT2D eigenvalue weighted by molar-refractivity contribution is -0.134. The predicted molar refractivity (Wildman–Crippen MR) is 29.3 cm³/mol. The summed E-state index contributed by atoms with van der Waals surface area (Å²) in [5, 5.41) is 7.42. The van der Waals surface area contributed by atoms with Crippen LogP contribution in [-0.2, 0) is 15.0 Å². The molecule has 6 heteroatoms. The molecule has 0 radical (unpaired) electrons. The highest BCUT2D eigenvalue weighted by Crippen LogP contribution is 1.75. The molecule has 0 saturated carbocycles. The number of halogens is 1. The zero-order valence-electron chi connectivity index (χ0n) is 4.96. The molecule has 0 aromatic heterocycles. The van der Waals surface area contributed by atoms with Gasteiger partial charge in [0.25, 0.3) is 16.2 Å². The summed E-state index contributed by atoms with van der Waals surface area (Å²) in [6.07, 6.45) is 0.493. The van der Waals surface area contributed by atoms with E-state index in [1.165, 1.54) is 0 Å². The summed E-state index contributed by atoms with van der Waals surface area (Å²) in [6, 6.07) is 0. The Labute approximate surface area is 52.5 Å². The molecule has 0 unspecified atom stereocenters. The van der Waals surface area contributed by atoms with Gasteiger partial charge < -0.3 is 5.11 Å². The lowest BCUT2D eigenvalue weighted by Crippen LogP contribution is -1.78. The second kappa shape index (κ2) is 4.25. The van der Waals surface area contributed by atoms with Crippen LogP contribution in [0.1, 0.15) is 6.92 Å². The van der Waals surface area contributed by atoms with E-state index in [1.807, 2.05) is 0 Å². The summed E-state index contributed by atoms with van der Waals surface area (Å²) in [4.78, 5) is 9.00. The summed E-state index contributed by atoms with van der Waals surface area (Å²) in [6.45, 7) is 1.08. The van der Waals surface area contributed by atoms with Crippen LogP contribution in [0.15, 0.2) is 0 Å². The molecule has 0 rings (SSSR count). The van der Waals surface area contributed by atoms with Gasteiger partial charge in [0.05, 0.1) is 6.26 Å². The standard InChI is InChI=1S/C2H4O2.CH3FO2S/c1-2(3)4;1-5(2,3)4/h1H3,(H,3,4);1H3. The van der Waals surface area contributed by atoms with E-state index in [0.29, 0.717) is 6.26 Å². The lowest BCUT2D eigenvalue weighted by atomic mass is 10.9. The number of hydrogen-bond acceptors (Lipinski definition) is 3. The van der Waals surface area contributed by atoms with Crippen molar-refractivity contribution < 1.29 is 22.2 Å². The maximum atomic E-state index is 10.7. The van der Waals surface area contributed by atoms with Crippen molar-refractivity contribution in [3.63, 3.8) is 0 Å². The maximum Gasteiger partial charge on any atom is 0.300 e. The SMILES string of the molecule is CC(=O)O.CS(=O)(=O)F. The van der Waals surface area contributed by atoms with Crippen LogP contribution >= 0.6 is 0 Å². The van der Waals surface area contributed by atoms with Gasteiger partial charge in [0.1, 0.15) is 0 Å². The average Bonchev–Trinajstić information content (AvgIpc) is 1.19. The van der Waals surface area contributed by atoms with Crippen molar-refractivity contribution in [2.45, 2.75) is 6.92 Å². The number of carbonyl (C=O) groups is 1. The Bertz CT molecular complexity index is 158. The molecule has 9 heavy (non-hydrogen) atoms. The number of aliphatic carboxylic acids is 1. The molecule has 0 aliphatic carbocycles. The van der Waals surface area contributed by atoms with E-state index in [-0.39, 0.29) is 0 Å². The third kappa shape index (κ3) is 498. The molecule has 0 aliphatic heterocycles. The molecule has 0 aromatic rings. The lowest BCUT2D eigenvalue weighted by Gasteiger charge is -1.63. The van der Waals surface area contributed by atoms with Gasteiger partial charge in [-0.2, -0.15) is 8.42 Å². The van der Waals surface area contributed by atoms with E-state index < -0.39 is 16.2 Å². The summed E-state index contributed by atoms with van der Waals surface area (Å²) >= 11 is 0. The van der Waals surface area contributed by atoms with Crippen molar-refractivity contribution in [3.8, 4) is 0 Å². The fourth-order valence-electron chi connectivity index (χ4n) is 0. The quantitative estimate of drug-likeness (QED) is 0.504. The Kier molecular flexibility index (Phi) is 5.28. The van der Waals surface area contributed by atoms with Gasteiger partial charge in [-0.3, -0.25) is 4.79 Å². The molecule has 0 aliphatic rings. The van der Waals surface area contributed by atoms with E-state index >= 15 is 0 Å². The van der Waals surface area contributed by atoms with Crippen molar-refractivity contribution in [1.82, 2.24) is 0 Å². The average molecular weight is 158 g/mol. The minimum Gasteiger partial charge on any atom is -0.481 e. The first-order chi connectivity index (χ1) is 3.73. The zero-order valence-corrected chi connectivity index (χ0v) is 5.77. The van der Waals surface area contributed by atoms with E-state index in [1.54, 1.807) is 0 Å². The molecule has 1 N–H and O–H groups in total.